The molecule has 0 amide bonds. The first-order chi connectivity index (χ1) is 60.6. The molecule has 1 saturated carbocycles. The zero-order valence-corrected chi connectivity index (χ0v) is 77.2. The average Bonchev–Trinajstić information content (AvgIpc) is 0.768. The maximum absolute atomic E-state index is 14.0. The minimum atomic E-state index is -5.96. The van der Waals surface area contributed by atoms with Gasteiger partial charge in [-0.15, -0.1) is 0 Å². The van der Waals surface area contributed by atoms with Crippen molar-refractivity contribution < 1.29 is 179 Å². The number of hydrogen-bond donors (Lipinski definition) is 0. The van der Waals surface area contributed by atoms with E-state index in [0.717, 1.165) is 140 Å². The van der Waals surface area contributed by atoms with Crippen molar-refractivity contribution in [1.82, 2.24) is 0 Å². The predicted molar refractivity (Wildman–Crippen MR) is 437 cm³/mol. The van der Waals surface area contributed by atoms with Gasteiger partial charge in [0.05, 0.1) is 5.60 Å². The topological polar surface area (TPSA) is 100 Å². The number of ether oxygens (including phenoxy) is 9. The van der Waals surface area contributed by atoms with E-state index >= 15 is 0 Å². The Bertz CT molecular complexity index is 4130. The molecule has 40 heteroatoms. The lowest BCUT2D eigenvalue weighted by atomic mass is 9.87. The van der Waals surface area contributed by atoms with Gasteiger partial charge in [0.25, 0.3) is 22.4 Å². The molecule has 10 nitrogen and oxygen atoms in total. The fraction of sp³-hybridized carbons (Fsp3) is 0.667. The maximum Gasteiger partial charge on any atom is 0.510 e. The third-order valence-electron chi connectivity index (χ3n) is 22.7. The molecule has 133 heavy (non-hydrogen) atoms. The predicted octanol–water partition coefficient (Wildman–Crippen LogP) is 32.7. The Morgan fingerprint density at radius 3 is 0.812 bits per heavy atom. The van der Waals surface area contributed by atoms with Crippen molar-refractivity contribution in [2.45, 2.75) is 371 Å². The molecule has 5 aromatic carbocycles. The van der Waals surface area contributed by atoms with Crippen LogP contribution < -0.4 is 0 Å². The van der Waals surface area contributed by atoms with Crippen LogP contribution in [0, 0.1) is 5.92 Å². The van der Waals surface area contributed by atoms with Crippen LogP contribution in [0.5, 0.6) is 0 Å². The van der Waals surface area contributed by atoms with Gasteiger partial charge in [-0.1, -0.05) is 223 Å². The van der Waals surface area contributed by atoms with Crippen molar-refractivity contribution >= 4 is 6.16 Å². The monoisotopic (exact) mass is 1970 g/mol. The second kappa shape index (κ2) is 47.6. The van der Waals surface area contributed by atoms with Crippen molar-refractivity contribution in [3.63, 3.8) is 0 Å². The number of carbonyl (C=O) groups is 1. The SMILES string of the molecule is CCC(C)c1ccc(C(OC(=O)OC(C)(C)C)(C(F)(F)F)C(F)(F)F)cc1.CCC(C)c1ccc(C(OC(C)(C)C)(C(F)(F)F)C(F)(F)F)cc1.CCC(C)c1ccc(C(OC(C)OCCC2CCCCC2)(C(F)(F)F)C(F)(F)F)cc1.CCC(C)c1ccc(C(OC2CCCCO2)(C(F)(F)F)C(F)(F)F)cc1.CCOC(C)OC(c1ccc(C(C)CC)cc1)(C(F)(F)F)C(F)(F)F. The Morgan fingerprint density at radius 1 is 0.316 bits per heavy atom. The van der Waals surface area contributed by atoms with E-state index in [0.29, 0.717) is 84.4 Å². The molecule has 5 aromatic rings. The van der Waals surface area contributed by atoms with Crippen LogP contribution in [-0.2, 0) is 70.6 Å². The molecule has 1 heterocycles. The zero-order chi connectivity index (χ0) is 103. The summed E-state index contributed by atoms with van der Waals surface area (Å²) in [6, 6.07) is 20.7. The van der Waals surface area contributed by atoms with Crippen molar-refractivity contribution in [1.29, 1.82) is 0 Å². The first-order valence-electron chi connectivity index (χ1n) is 43.2. The normalized spacial score (nSPS) is 17.2. The Labute approximate surface area is 756 Å². The van der Waals surface area contributed by atoms with Crippen molar-refractivity contribution in [3.05, 3.63) is 177 Å². The standard InChI is InChI=1S/C23H32F6O2.C18H22F6O3.C18H22F6O2.C17H22F6O2.C17H22F6O/c1-4-16(2)19-10-12-20(13-11-19)21(22(24,25)26,23(27,28)29)31-17(3)30-15-14-18-8-6-5-7-9-18;1-6-11(2)12-7-9-13(10-8-12)16(17(19,20)21,18(22,23)24)27-14(25)26-15(3,4)5;1-3-12(2)13-7-9-14(10-8-13)16(17(19,20)21,18(22,23)24)26-15-6-4-5-11-25-15;1-5-11(3)13-7-9-14(10-8-13)15(16(18,19)20,17(21,22)23)25-12(4)24-6-2;1-6-11(2)12-7-9-13(10-8-12)15(16(18,19)20,17(21,22)23)24-14(3,4)5/h10-13,16-18H,4-9,14-15H2,1-3H3;7-11H,6H2,1-5H3;7-10,12,15H,3-6,11H2,1-2H3;7-12H,5-6H2,1-4H3;7-11H,6H2,1-5H3. The van der Waals surface area contributed by atoms with Crippen LogP contribution in [0.3, 0.4) is 0 Å². The lowest BCUT2D eigenvalue weighted by Gasteiger charge is -2.41. The molecule has 2 fully saturated rings. The van der Waals surface area contributed by atoms with Gasteiger partial charge >= 0.3 is 73.5 Å². The Kier molecular flexibility index (Phi) is 43.0. The van der Waals surface area contributed by atoms with E-state index in [9.17, 15) is 137 Å². The summed E-state index contributed by atoms with van der Waals surface area (Å²) in [6.45, 7) is 29.5. The summed E-state index contributed by atoms with van der Waals surface area (Å²) >= 11 is 0. The fourth-order valence-electron chi connectivity index (χ4n) is 14.3. The largest absolute Gasteiger partial charge is 0.510 e. The fourth-order valence-corrected chi connectivity index (χ4v) is 14.3. The summed E-state index contributed by atoms with van der Waals surface area (Å²) in [5.41, 5.74) is -27.5. The number of hydrogen-bond acceptors (Lipinski definition) is 10. The first-order valence-corrected chi connectivity index (χ1v) is 43.2. The lowest BCUT2D eigenvalue weighted by molar-refractivity contribution is -0.419. The van der Waals surface area contributed by atoms with E-state index in [2.05, 4.69) is 23.7 Å². The molecule has 2 aliphatic rings. The molecule has 762 valence electrons. The minimum Gasteiger partial charge on any atom is -0.429 e. The van der Waals surface area contributed by atoms with Crippen LogP contribution in [0.15, 0.2) is 121 Å². The van der Waals surface area contributed by atoms with Gasteiger partial charge in [-0.3, -0.25) is 0 Å². The quantitative estimate of drug-likeness (QED) is 0.0261. The minimum absolute atomic E-state index is 0.0150. The molecule has 0 spiro atoms. The van der Waals surface area contributed by atoms with Crippen LogP contribution >= 0.6 is 0 Å². The molecule has 1 aliphatic carbocycles. The second-order valence-corrected chi connectivity index (χ2v) is 34.7. The third kappa shape index (κ3) is 30.5. The molecule has 0 radical (unpaired) electrons. The summed E-state index contributed by atoms with van der Waals surface area (Å²) in [6.07, 6.45) is -54.0. The van der Waals surface area contributed by atoms with Gasteiger partial charge in [0.1, 0.15) is 5.60 Å². The molecule has 7 rings (SSSR count). The Hall–Kier alpha value is -7.01. The summed E-state index contributed by atoms with van der Waals surface area (Å²) < 4.78 is 453. The first kappa shape index (κ1) is 120. The molecule has 0 bridgehead atoms. The summed E-state index contributed by atoms with van der Waals surface area (Å²) in [4.78, 5) is 11.7. The van der Waals surface area contributed by atoms with Gasteiger partial charge in [-0.05, 0) is 183 Å². The highest BCUT2D eigenvalue weighted by Gasteiger charge is 2.79. The van der Waals surface area contributed by atoms with Crippen LogP contribution in [0.25, 0.3) is 0 Å². The summed E-state index contributed by atoms with van der Waals surface area (Å²) in [5, 5.41) is 0. The number of rotatable bonds is 29. The van der Waals surface area contributed by atoms with Gasteiger partial charge in [0.15, 0.2) is 18.9 Å². The van der Waals surface area contributed by atoms with Crippen molar-refractivity contribution in [2.75, 3.05) is 19.8 Å². The molecule has 0 N–H and O–H groups in total. The highest BCUT2D eigenvalue weighted by Crippen LogP contribution is 2.60. The molecular formula is C93H120F30O10. The zero-order valence-electron chi connectivity index (χ0n) is 77.2. The second-order valence-electron chi connectivity index (χ2n) is 34.7. The van der Waals surface area contributed by atoms with Gasteiger partial charge in [-0.25, -0.2) is 4.79 Å². The van der Waals surface area contributed by atoms with E-state index < -0.39 is 154 Å². The number of carbonyl (C=O) groups excluding carboxylic acids is 1. The van der Waals surface area contributed by atoms with Gasteiger partial charge in [-0.2, -0.15) is 132 Å². The molecular weight excluding hydrogens is 1850 g/mol. The molecule has 0 aromatic heterocycles. The van der Waals surface area contributed by atoms with E-state index in [-0.39, 0.29) is 55.8 Å². The maximum atomic E-state index is 14.0. The van der Waals surface area contributed by atoms with E-state index in [1.54, 1.807) is 6.92 Å². The molecule has 1 saturated heterocycles. The Morgan fingerprint density at radius 2 is 0.571 bits per heavy atom. The van der Waals surface area contributed by atoms with Gasteiger partial charge in [0, 0.05) is 47.6 Å². The third-order valence-corrected chi connectivity index (χ3v) is 22.7. The van der Waals surface area contributed by atoms with Crippen LogP contribution in [-0.4, -0.2) is 118 Å². The van der Waals surface area contributed by atoms with Gasteiger partial charge < -0.3 is 42.6 Å². The number of halogens is 30. The van der Waals surface area contributed by atoms with Crippen LogP contribution in [0.2, 0.25) is 0 Å². The van der Waals surface area contributed by atoms with Gasteiger partial charge in [0.2, 0.25) is 0 Å². The summed E-state index contributed by atoms with van der Waals surface area (Å²) in [7, 11) is 0. The highest BCUT2D eigenvalue weighted by atomic mass is 19.5. The van der Waals surface area contributed by atoms with E-state index in [4.69, 9.17) is 18.9 Å². The van der Waals surface area contributed by atoms with Crippen LogP contribution in [0.4, 0.5) is 137 Å². The van der Waals surface area contributed by atoms with E-state index in [1.165, 1.54) is 76.2 Å². The highest BCUT2D eigenvalue weighted by molar-refractivity contribution is 5.62. The molecule has 8 atom stereocenters. The van der Waals surface area contributed by atoms with E-state index in [1.807, 2.05) is 62.3 Å². The number of benzene rings is 5. The van der Waals surface area contributed by atoms with Crippen molar-refractivity contribution in [2.24, 2.45) is 5.92 Å². The van der Waals surface area contributed by atoms with Crippen LogP contribution in [0.1, 0.15) is 307 Å². The molecule has 8 unspecified atom stereocenters. The summed E-state index contributed by atoms with van der Waals surface area (Å²) in [5.74, 6) is 0.430. The lowest BCUT2D eigenvalue weighted by Crippen LogP contribution is -2.58. The average molecular weight is 1970 g/mol. The smallest absolute Gasteiger partial charge is 0.429 e. The Balaban J connectivity index is 0.000000429. The molecule has 1 aliphatic heterocycles. The van der Waals surface area contributed by atoms with Crippen molar-refractivity contribution in [3.8, 4) is 0 Å². The number of alkyl halides is 30.